The van der Waals surface area contributed by atoms with Gasteiger partial charge in [-0.1, -0.05) is 6.07 Å². The highest BCUT2D eigenvalue weighted by Crippen LogP contribution is 2.11. The zero-order valence-corrected chi connectivity index (χ0v) is 11.0. The minimum absolute atomic E-state index is 0.221. The van der Waals surface area contributed by atoms with Crippen molar-refractivity contribution in [3.63, 3.8) is 0 Å². The average molecular weight is 286 g/mol. The first-order chi connectivity index (χ1) is 8.59. The number of halogens is 1. The molecular weight excluding hydrogens is 275 g/mol. The van der Waals surface area contributed by atoms with Crippen LogP contribution in [0.15, 0.2) is 40.9 Å². The van der Waals surface area contributed by atoms with Crippen molar-refractivity contribution in [2.75, 3.05) is 6.54 Å². The predicted octanol–water partition coefficient (Wildman–Crippen LogP) is 1.80. The minimum Gasteiger partial charge on any atom is -0.241 e. The second kappa shape index (κ2) is 5.55. The van der Waals surface area contributed by atoms with Crippen molar-refractivity contribution in [1.82, 2.24) is 9.71 Å². The molecule has 18 heavy (non-hydrogen) atoms. The van der Waals surface area contributed by atoms with E-state index in [-0.39, 0.29) is 6.54 Å². The normalized spacial score (nSPS) is 11.6. The molecule has 0 unspecified atom stereocenters. The third-order valence-electron chi connectivity index (χ3n) is 2.22. The Bertz CT molecular complexity index is 612. The highest BCUT2D eigenvalue weighted by molar-refractivity contribution is 7.89. The van der Waals surface area contributed by atoms with Crippen molar-refractivity contribution in [3.8, 4) is 0 Å². The first-order valence-electron chi connectivity index (χ1n) is 5.22. The maximum absolute atomic E-state index is 13.3. The number of hydrogen-bond acceptors (Lipinski definition) is 4. The van der Waals surface area contributed by atoms with E-state index in [1.807, 2.05) is 17.5 Å². The second-order valence-electron chi connectivity index (χ2n) is 3.52. The number of hydrogen-bond donors (Lipinski definition) is 1. The molecule has 2 aromatic rings. The Kier molecular flexibility index (Phi) is 4.05. The van der Waals surface area contributed by atoms with E-state index >= 15 is 0 Å². The number of sulfonamides is 1. The van der Waals surface area contributed by atoms with Crippen molar-refractivity contribution in [2.45, 2.75) is 11.4 Å². The maximum Gasteiger partial charge on any atom is 0.261 e. The van der Waals surface area contributed by atoms with E-state index < -0.39 is 20.9 Å². The van der Waals surface area contributed by atoms with Crippen molar-refractivity contribution >= 4 is 21.4 Å². The van der Waals surface area contributed by atoms with E-state index in [2.05, 4.69) is 9.71 Å². The van der Waals surface area contributed by atoms with Crippen LogP contribution in [0.1, 0.15) is 4.88 Å². The van der Waals surface area contributed by atoms with Crippen LogP contribution in [0.3, 0.4) is 0 Å². The van der Waals surface area contributed by atoms with Gasteiger partial charge in [0.15, 0.2) is 5.82 Å². The summed E-state index contributed by atoms with van der Waals surface area (Å²) < 4.78 is 39.2. The van der Waals surface area contributed by atoms with Crippen LogP contribution in [0.5, 0.6) is 0 Å². The van der Waals surface area contributed by atoms with E-state index in [1.54, 1.807) is 11.3 Å². The summed E-state index contributed by atoms with van der Waals surface area (Å²) in [5, 5.41) is 1.36. The predicted molar refractivity (Wildman–Crippen MR) is 67.4 cm³/mol. The molecule has 0 spiro atoms. The van der Waals surface area contributed by atoms with Crippen LogP contribution in [0.4, 0.5) is 4.39 Å². The molecule has 0 saturated heterocycles. The number of pyridine rings is 1. The lowest BCUT2D eigenvalue weighted by molar-refractivity contribution is 0.545. The number of nitrogens with one attached hydrogen (secondary N) is 1. The summed E-state index contributed by atoms with van der Waals surface area (Å²) in [6.07, 6.45) is 1.82. The number of thiophene rings is 1. The number of aromatic nitrogens is 1. The maximum atomic E-state index is 13.3. The summed E-state index contributed by atoms with van der Waals surface area (Å²) >= 11 is 1.55. The smallest absolute Gasteiger partial charge is 0.241 e. The molecule has 4 nitrogen and oxygen atoms in total. The van der Waals surface area contributed by atoms with Crippen molar-refractivity contribution < 1.29 is 12.8 Å². The van der Waals surface area contributed by atoms with E-state index in [9.17, 15) is 12.8 Å². The molecule has 7 heteroatoms. The van der Waals surface area contributed by atoms with Gasteiger partial charge in [-0.3, -0.25) is 0 Å². The van der Waals surface area contributed by atoms with Gasteiger partial charge in [0.05, 0.1) is 0 Å². The Labute approximate surface area is 109 Å². The van der Waals surface area contributed by atoms with Gasteiger partial charge in [-0.25, -0.2) is 22.5 Å². The largest absolute Gasteiger partial charge is 0.261 e. The third kappa shape index (κ3) is 3.12. The molecule has 0 aromatic carbocycles. The van der Waals surface area contributed by atoms with Gasteiger partial charge in [0.1, 0.15) is 0 Å². The molecule has 0 amide bonds. The molecule has 1 N–H and O–H groups in total. The Morgan fingerprint density at radius 1 is 1.33 bits per heavy atom. The lowest BCUT2D eigenvalue weighted by atomic mass is 10.3. The molecule has 2 rings (SSSR count). The topological polar surface area (TPSA) is 59.1 Å². The van der Waals surface area contributed by atoms with Gasteiger partial charge in [0.2, 0.25) is 5.03 Å². The molecule has 0 aliphatic rings. The molecule has 2 heterocycles. The monoisotopic (exact) mass is 286 g/mol. The first kappa shape index (κ1) is 13.1. The van der Waals surface area contributed by atoms with Crippen LogP contribution >= 0.6 is 11.3 Å². The van der Waals surface area contributed by atoms with Crippen LogP contribution in [0, 0.1) is 5.82 Å². The van der Waals surface area contributed by atoms with Crippen molar-refractivity contribution in [3.05, 3.63) is 46.5 Å². The molecule has 2 aromatic heterocycles. The Hall–Kier alpha value is -1.31. The fourth-order valence-electron chi connectivity index (χ4n) is 1.40. The van der Waals surface area contributed by atoms with Gasteiger partial charge in [0, 0.05) is 17.6 Å². The lowest BCUT2D eigenvalue weighted by Gasteiger charge is -2.05. The molecule has 0 aliphatic heterocycles. The zero-order valence-electron chi connectivity index (χ0n) is 9.34. The summed E-state index contributed by atoms with van der Waals surface area (Å²) in [5.74, 6) is -0.846. The van der Waals surface area contributed by atoms with Crippen LogP contribution in [0.2, 0.25) is 0 Å². The summed E-state index contributed by atoms with van der Waals surface area (Å²) in [6, 6.07) is 6.23. The van der Waals surface area contributed by atoms with Gasteiger partial charge in [0.25, 0.3) is 10.0 Å². The van der Waals surface area contributed by atoms with Crippen molar-refractivity contribution in [2.24, 2.45) is 0 Å². The quantitative estimate of drug-likeness (QED) is 0.912. The zero-order chi connectivity index (χ0) is 13.0. The SMILES string of the molecule is O=S(=O)(NCCc1cccs1)c1ncccc1F. The van der Waals surface area contributed by atoms with Gasteiger partial charge in [-0.2, -0.15) is 0 Å². The Balaban J connectivity index is 2.02. The van der Waals surface area contributed by atoms with Gasteiger partial charge in [-0.05, 0) is 30.0 Å². The molecule has 0 saturated carbocycles. The Morgan fingerprint density at radius 3 is 2.83 bits per heavy atom. The lowest BCUT2D eigenvalue weighted by Crippen LogP contribution is -2.27. The molecule has 0 atom stereocenters. The molecule has 96 valence electrons. The van der Waals surface area contributed by atoms with Crippen LogP contribution < -0.4 is 4.72 Å². The van der Waals surface area contributed by atoms with Gasteiger partial charge in [-0.15, -0.1) is 11.3 Å². The fourth-order valence-corrected chi connectivity index (χ4v) is 3.14. The number of nitrogens with zero attached hydrogens (tertiary/aromatic N) is 1. The van der Waals surface area contributed by atoms with Crippen LogP contribution in [0.25, 0.3) is 0 Å². The molecule has 0 radical (unpaired) electrons. The highest BCUT2D eigenvalue weighted by atomic mass is 32.2. The average Bonchev–Trinajstić information content (AvgIpc) is 2.82. The number of rotatable bonds is 5. The molecule has 0 fully saturated rings. The van der Waals surface area contributed by atoms with Crippen LogP contribution in [-0.2, 0) is 16.4 Å². The fraction of sp³-hybridized carbons (Fsp3) is 0.182. The second-order valence-corrected chi connectivity index (χ2v) is 6.23. The van der Waals surface area contributed by atoms with E-state index in [1.165, 1.54) is 12.3 Å². The summed E-state index contributed by atoms with van der Waals surface area (Å²) in [4.78, 5) is 4.61. The van der Waals surface area contributed by atoms with Crippen LogP contribution in [-0.4, -0.2) is 19.9 Å². The molecule has 0 bridgehead atoms. The van der Waals surface area contributed by atoms with Gasteiger partial charge >= 0.3 is 0 Å². The van der Waals surface area contributed by atoms with E-state index in [0.29, 0.717) is 6.42 Å². The summed E-state index contributed by atoms with van der Waals surface area (Å²) in [7, 11) is -3.88. The highest BCUT2D eigenvalue weighted by Gasteiger charge is 2.19. The van der Waals surface area contributed by atoms with Crippen molar-refractivity contribution in [1.29, 1.82) is 0 Å². The first-order valence-corrected chi connectivity index (χ1v) is 7.58. The summed E-state index contributed by atoms with van der Waals surface area (Å²) in [5.41, 5.74) is 0. The molecular formula is C11H11FN2O2S2. The molecule has 0 aliphatic carbocycles. The summed E-state index contributed by atoms with van der Waals surface area (Å²) in [6.45, 7) is 0.221. The Morgan fingerprint density at radius 2 is 2.17 bits per heavy atom. The standard InChI is InChI=1S/C11H11FN2O2S2/c12-10-4-1-6-13-11(10)18(15,16)14-7-5-9-3-2-8-17-9/h1-4,6,8,14H,5,7H2. The van der Waals surface area contributed by atoms with Gasteiger partial charge < -0.3 is 0 Å². The minimum atomic E-state index is -3.88. The van der Waals surface area contributed by atoms with E-state index in [4.69, 9.17) is 0 Å². The third-order valence-corrected chi connectivity index (χ3v) is 4.55. The van der Waals surface area contributed by atoms with E-state index in [0.717, 1.165) is 10.9 Å².